The number of ether oxygens (including phenoxy) is 1. The molecule has 3 heterocycles. The first kappa shape index (κ1) is 22.2. The molecule has 2 fully saturated rings. The van der Waals surface area contributed by atoms with Crippen molar-refractivity contribution >= 4 is 28.8 Å². The van der Waals surface area contributed by atoms with E-state index >= 15 is 0 Å². The molecule has 3 atom stereocenters. The molecule has 1 saturated carbocycles. The lowest BCUT2D eigenvalue weighted by atomic mass is 9.78. The summed E-state index contributed by atoms with van der Waals surface area (Å²) in [5.74, 6) is 1.39. The van der Waals surface area contributed by atoms with Crippen LogP contribution in [-0.2, 0) is 16.1 Å². The Morgan fingerprint density at radius 3 is 2.94 bits per heavy atom. The zero-order valence-corrected chi connectivity index (χ0v) is 19.4. The normalized spacial score (nSPS) is 23.7. The van der Waals surface area contributed by atoms with E-state index in [0.29, 0.717) is 12.5 Å². The Hall–Kier alpha value is -2.64. The number of carbonyl (C=O) groups is 1. The van der Waals surface area contributed by atoms with Crippen molar-refractivity contribution in [3.05, 3.63) is 42.1 Å². The van der Waals surface area contributed by atoms with Crippen molar-refractivity contribution in [2.45, 2.75) is 51.7 Å². The quantitative estimate of drug-likeness (QED) is 0.731. The summed E-state index contributed by atoms with van der Waals surface area (Å²) >= 11 is 0. The van der Waals surface area contributed by atoms with E-state index in [4.69, 9.17) is 4.74 Å². The van der Waals surface area contributed by atoms with E-state index in [1.165, 1.54) is 0 Å². The number of morpholine rings is 1. The third kappa shape index (κ3) is 4.84. The van der Waals surface area contributed by atoms with Gasteiger partial charge in [-0.3, -0.25) is 4.79 Å². The van der Waals surface area contributed by atoms with Gasteiger partial charge >= 0.3 is 0 Å². The highest BCUT2D eigenvalue weighted by atomic mass is 16.5. The Balaban J connectivity index is 1.48. The number of hydrogen-bond donors (Lipinski definition) is 2. The molecule has 1 aromatic heterocycles. The second-order valence-electron chi connectivity index (χ2n) is 9.68. The molecule has 7 nitrogen and oxygen atoms in total. The molecular weight excluding hydrogens is 416 g/mol. The van der Waals surface area contributed by atoms with Crippen molar-refractivity contribution in [3.63, 3.8) is 0 Å². The van der Waals surface area contributed by atoms with Gasteiger partial charge in [-0.05, 0) is 56.4 Å². The molecule has 2 N–H and O–H groups in total. The highest BCUT2D eigenvalue weighted by molar-refractivity contribution is 6.00. The van der Waals surface area contributed by atoms with Crippen molar-refractivity contribution in [1.29, 1.82) is 0 Å². The van der Waals surface area contributed by atoms with E-state index < -0.39 is 0 Å². The number of benzene rings is 1. The van der Waals surface area contributed by atoms with Crippen molar-refractivity contribution in [2.24, 2.45) is 11.8 Å². The molecule has 1 aromatic carbocycles. The van der Waals surface area contributed by atoms with Gasteiger partial charge in [-0.25, -0.2) is 4.98 Å². The lowest BCUT2D eigenvalue weighted by Gasteiger charge is -2.34. The van der Waals surface area contributed by atoms with E-state index in [0.717, 1.165) is 86.9 Å². The van der Waals surface area contributed by atoms with Crippen molar-refractivity contribution in [2.75, 3.05) is 41.4 Å². The number of aliphatic hydroxyl groups is 1. The number of rotatable bonds is 4. The number of nitrogens with one attached hydrogen (secondary N) is 1. The van der Waals surface area contributed by atoms with Crippen LogP contribution in [0.2, 0.25) is 0 Å². The predicted molar refractivity (Wildman–Crippen MR) is 130 cm³/mol. The number of nitrogens with zero attached hydrogens (tertiary/aromatic N) is 3. The molecule has 1 aliphatic carbocycles. The number of aromatic nitrogens is 1. The topological polar surface area (TPSA) is 77.9 Å². The highest BCUT2D eigenvalue weighted by Crippen LogP contribution is 2.40. The number of carbonyl (C=O) groups excluding carboxylic acids is 1. The van der Waals surface area contributed by atoms with E-state index in [1.54, 1.807) is 6.20 Å². The van der Waals surface area contributed by atoms with Crippen LogP contribution in [0.3, 0.4) is 0 Å². The molecule has 33 heavy (non-hydrogen) atoms. The average molecular weight is 451 g/mol. The molecule has 1 amide bonds. The van der Waals surface area contributed by atoms with E-state index in [2.05, 4.69) is 33.4 Å². The fraction of sp³-hybridized carbons (Fsp3) is 0.538. The van der Waals surface area contributed by atoms with Crippen molar-refractivity contribution < 1.29 is 14.6 Å². The Kier molecular flexibility index (Phi) is 6.51. The van der Waals surface area contributed by atoms with Crippen LogP contribution in [0.5, 0.6) is 0 Å². The summed E-state index contributed by atoms with van der Waals surface area (Å²) < 4.78 is 5.53. The Morgan fingerprint density at radius 1 is 1.27 bits per heavy atom. The lowest BCUT2D eigenvalue weighted by Crippen LogP contribution is -2.39. The maximum Gasteiger partial charge on any atom is 0.230 e. The Labute approximate surface area is 195 Å². The van der Waals surface area contributed by atoms with Gasteiger partial charge in [0.05, 0.1) is 37.2 Å². The summed E-state index contributed by atoms with van der Waals surface area (Å²) in [7, 11) is 0. The van der Waals surface area contributed by atoms with Gasteiger partial charge in [-0.1, -0.05) is 18.9 Å². The number of pyridine rings is 1. The average Bonchev–Trinajstić information content (AvgIpc) is 3.00. The molecular formula is C26H34N4O3. The number of fused-ring (bicyclic) bond motifs is 2. The molecule has 0 bridgehead atoms. The van der Waals surface area contributed by atoms with Crippen LogP contribution in [0, 0.1) is 11.8 Å². The molecule has 0 unspecified atom stereocenters. The minimum atomic E-state index is -0.319. The van der Waals surface area contributed by atoms with E-state index in [1.807, 2.05) is 24.0 Å². The van der Waals surface area contributed by atoms with Crippen LogP contribution in [0.4, 0.5) is 22.9 Å². The van der Waals surface area contributed by atoms with Gasteiger partial charge in [0.1, 0.15) is 5.82 Å². The Bertz CT molecular complexity index is 989. The zero-order valence-electron chi connectivity index (χ0n) is 19.4. The third-order valence-corrected chi connectivity index (χ3v) is 7.19. The minimum Gasteiger partial charge on any atom is -0.393 e. The first-order valence-corrected chi connectivity index (χ1v) is 12.3. The predicted octanol–water partition coefficient (Wildman–Crippen LogP) is 4.09. The number of amides is 1. The summed E-state index contributed by atoms with van der Waals surface area (Å²) in [5, 5.41) is 13.4. The summed E-state index contributed by atoms with van der Waals surface area (Å²) in [6, 6.07) is 10.3. The molecule has 2 aliphatic heterocycles. The smallest absolute Gasteiger partial charge is 0.230 e. The van der Waals surface area contributed by atoms with Crippen LogP contribution < -0.4 is 15.1 Å². The van der Waals surface area contributed by atoms with Crippen LogP contribution >= 0.6 is 0 Å². The van der Waals surface area contributed by atoms with Crippen LogP contribution in [0.1, 0.15) is 44.6 Å². The summed E-state index contributed by atoms with van der Waals surface area (Å²) in [4.78, 5) is 22.8. The number of hydrogen-bond acceptors (Lipinski definition) is 6. The lowest BCUT2D eigenvalue weighted by molar-refractivity contribution is -0.124. The summed E-state index contributed by atoms with van der Waals surface area (Å²) in [6.07, 6.45) is 6.15. The third-order valence-electron chi connectivity index (χ3n) is 7.19. The molecule has 1 saturated heterocycles. The Morgan fingerprint density at radius 2 is 2.12 bits per heavy atom. The number of anilines is 4. The zero-order chi connectivity index (χ0) is 22.8. The van der Waals surface area contributed by atoms with Gasteiger partial charge in [0.25, 0.3) is 0 Å². The van der Waals surface area contributed by atoms with Crippen molar-refractivity contribution in [3.8, 4) is 0 Å². The molecule has 5 rings (SSSR count). The monoisotopic (exact) mass is 450 g/mol. The summed E-state index contributed by atoms with van der Waals surface area (Å²) in [6.45, 7) is 5.50. The van der Waals surface area contributed by atoms with Crippen molar-refractivity contribution in [1.82, 2.24) is 4.98 Å². The SMILES string of the molecule is C[C@H](O)C[C@@H]1CCC[C@@H](C(=O)N2Cc3cccnc3Nc3ccc(N4CCOCC4)cc32)C1. The van der Waals surface area contributed by atoms with Gasteiger partial charge in [0.15, 0.2) is 0 Å². The van der Waals surface area contributed by atoms with Gasteiger partial charge < -0.3 is 25.0 Å². The van der Waals surface area contributed by atoms with Crippen LogP contribution in [-0.4, -0.2) is 48.4 Å². The minimum absolute atomic E-state index is 0.0133. The molecule has 2 aromatic rings. The fourth-order valence-electron chi connectivity index (χ4n) is 5.56. The van der Waals surface area contributed by atoms with Gasteiger partial charge in [0.2, 0.25) is 5.91 Å². The van der Waals surface area contributed by atoms with Gasteiger partial charge in [0, 0.05) is 36.5 Å². The molecule has 0 spiro atoms. The summed E-state index contributed by atoms with van der Waals surface area (Å²) in [5.41, 5.74) is 3.96. The van der Waals surface area contributed by atoms with E-state index in [9.17, 15) is 9.90 Å². The number of aliphatic hydroxyl groups excluding tert-OH is 1. The van der Waals surface area contributed by atoms with E-state index in [-0.39, 0.29) is 17.9 Å². The van der Waals surface area contributed by atoms with Gasteiger partial charge in [-0.2, -0.15) is 0 Å². The highest BCUT2D eigenvalue weighted by Gasteiger charge is 2.34. The maximum absolute atomic E-state index is 14.0. The first-order valence-electron chi connectivity index (χ1n) is 12.3. The van der Waals surface area contributed by atoms with Crippen LogP contribution in [0.15, 0.2) is 36.5 Å². The molecule has 0 radical (unpaired) electrons. The van der Waals surface area contributed by atoms with Crippen LogP contribution in [0.25, 0.3) is 0 Å². The second-order valence-corrected chi connectivity index (χ2v) is 9.68. The standard InChI is InChI=1S/C26H34N4O3/c1-18(31)14-19-4-2-5-20(15-19)26(32)30-17-21-6-3-9-27-25(21)28-23-8-7-22(16-24(23)30)29-10-12-33-13-11-29/h3,6-9,16,18-20,31H,2,4-5,10-15,17H2,1H3,(H,27,28)/t18-,19-,20+/m0/s1. The largest absolute Gasteiger partial charge is 0.393 e. The second kappa shape index (κ2) is 9.69. The first-order chi connectivity index (χ1) is 16.1. The molecule has 176 valence electrons. The van der Waals surface area contributed by atoms with Gasteiger partial charge in [-0.15, -0.1) is 0 Å². The maximum atomic E-state index is 14.0. The fourth-order valence-corrected chi connectivity index (χ4v) is 5.56. The molecule has 7 heteroatoms. The molecule has 3 aliphatic rings.